The van der Waals surface area contributed by atoms with E-state index < -0.39 is 0 Å². The number of ether oxygens (including phenoxy) is 1. The van der Waals surface area contributed by atoms with Crippen molar-refractivity contribution >= 4 is 17.2 Å². The molecular formula is C13H17NOS. The summed E-state index contributed by atoms with van der Waals surface area (Å²) in [5.74, 6) is 0. The van der Waals surface area contributed by atoms with Gasteiger partial charge in [-0.3, -0.25) is 0 Å². The maximum atomic E-state index is 5.70. The predicted octanol–water partition coefficient (Wildman–Crippen LogP) is 2.47. The highest BCUT2D eigenvalue weighted by atomic mass is 32.1. The Bertz CT molecular complexity index is 355. The summed E-state index contributed by atoms with van der Waals surface area (Å²) in [5.41, 5.74) is 1.12. The first-order valence-corrected chi connectivity index (χ1v) is 6.07. The number of benzene rings is 1. The molecule has 1 aromatic rings. The molecule has 0 unspecified atom stereocenters. The molecule has 1 aromatic carbocycles. The van der Waals surface area contributed by atoms with Gasteiger partial charge in [0.2, 0.25) is 0 Å². The van der Waals surface area contributed by atoms with Crippen molar-refractivity contribution in [3.63, 3.8) is 0 Å². The Hall–Kier alpha value is -0.930. The summed E-state index contributed by atoms with van der Waals surface area (Å²) < 4.78 is 5.70. The van der Waals surface area contributed by atoms with Gasteiger partial charge in [0.05, 0.1) is 12.2 Å². The number of rotatable bonds is 1. The van der Waals surface area contributed by atoms with Crippen LogP contribution in [0, 0.1) is 0 Å². The molecular weight excluding hydrogens is 218 g/mol. The molecule has 1 saturated heterocycles. The third kappa shape index (κ3) is 2.60. The lowest BCUT2D eigenvalue weighted by Crippen LogP contribution is -2.47. The molecule has 1 heterocycles. The fourth-order valence-corrected chi connectivity index (χ4v) is 2.39. The Morgan fingerprint density at radius 3 is 2.31 bits per heavy atom. The zero-order valence-corrected chi connectivity index (χ0v) is 10.5. The largest absolute Gasteiger partial charge is 0.372 e. The monoisotopic (exact) mass is 235 g/mol. The van der Waals surface area contributed by atoms with Crippen LogP contribution in [0.2, 0.25) is 0 Å². The predicted molar refractivity (Wildman–Crippen MR) is 69.7 cm³/mol. The van der Waals surface area contributed by atoms with Crippen LogP contribution in [-0.4, -0.2) is 35.2 Å². The van der Waals surface area contributed by atoms with Crippen molar-refractivity contribution in [1.29, 1.82) is 0 Å². The molecule has 2 nitrogen and oxygen atoms in total. The van der Waals surface area contributed by atoms with E-state index in [2.05, 4.69) is 30.9 Å². The van der Waals surface area contributed by atoms with Crippen LogP contribution in [0.5, 0.6) is 0 Å². The Kier molecular flexibility index (Phi) is 3.56. The molecule has 0 aliphatic carbocycles. The molecule has 0 spiro atoms. The van der Waals surface area contributed by atoms with Crippen LogP contribution in [-0.2, 0) is 4.74 Å². The standard InChI is InChI=1S/C13H17NOS/c1-10-8-14(9-11(2)15-10)13(16)12-6-4-3-5-7-12/h3-7,10-11H,8-9H2,1-2H3/t10-,11+. The van der Waals surface area contributed by atoms with Gasteiger partial charge < -0.3 is 9.64 Å². The minimum absolute atomic E-state index is 0.255. The quantitative estimate of drug-likeness (QED) is 0.694. The Balaban J connectivity index is 2.10. The first kappa shape index (κ1) is 11.6. The fourth-order valence-electron chi connectivity index (χ4n) is 2.11. The van der Waals surface area contributed by atoms with Gasteiger partial charge in [0, 0.05) is 18.7 Å². The Morgan fingerprint density at radius 1 is 1.19 bits per heavy atom. The summed E-state index contributed by atoms with van der Waals surface area (Å²) in [6.07, 6.45) is 0.510. The Morgan fingerprint density at radius 2 is 1.75 bits per heavy atom. The lowest BCUT2D eigenvalue weighted by Gasteiger charge is -2.37. The van der Waals surface area contributed by atoms with Gasteiger partial charge in [0.25, 0.3) is 0 Å². The van der Waals surface area contributed by atoms with Crippen molar-refractivity contribution in [2.45, 2.75) is 26.1 Å². The summed E-state index contributed by atoms with van der Waals surface area (Å²) in [4.78, 5) is 3.17. The van der Waals surface area contributed by atoms with Gasteiger partial charge in [-0.05, 0) is 13.8 Å². The SMILES string of the molecule is C[C@@H]1CN(C(=S)c2ccccc2)C[C@H](C)O1. The van der Waals surface area contributed by atoms with Gasteiger partial charge in [0.15, 0.2) is 0 Å². The number of nitrogens with zero attached hydrogens (tertiary/aromatic N) is 1. The van der Waals surface area contributed by atoms with Crippen LogP contribution in [0.1, 0.15) is 19.4 Å². The van der Waals surface area contributed by atoms with E-state index in [1.165, 1.54) is 0 Å². The third-order valence-electron chi connectivity index (χ3n) is 2.73. The average Bonchev–Trinajstić information content (AvgIpc) is 2.28. The van der Waals surface area contributed by atoms with E-state index in [4.69, 9.17) is 17.0 Å². The van der Waals surface area contributed by atoms with Crippen LogP contribution >= 0.6 is 12.2 Å². The second-order valence-corrected chi connectivity index (χ2v) is 4.72. The first-order valence-electron chi connectivity index (χ1n) is 5.66. The highest BCUT2D eigenvalue weighted by molar-refractivity contribution is 7.80. The zero-order chi connectivity index (χ0) is 11.5. The third-order valence-corrected chi connectivity index (χ3v) is 3.22. The van der Waals surface area contributed by atoms with Crippen molar-refractivity contribution in [3.8, 4) is 0 Å². The molecule has 0 bridgehead atoms. The van der Waals surface area contributed by atoms with Crippen LogP contribution in [0.3, 0.4) is 0 Å². The molecule has 0 radical (unpaired) electrons. The summed E-state index contributed by atoms with van der Waals surface area (Å²) >= 11 is 5.52. The van der Waals surface area contributed by atoms with E-state index in [1.54, 1.807) is 0 Å². The molecule has 2 atom stereocenters. The minimum Gasteiger partial charge on any atom is -0.372 e. The normalized spacial score (nSPS) is 25.5. The zero-order valence-electron chi connectivity index (χ0n) is 9.72. The van der Waals surface area contributed by atoms with E-state index in [1.807, 2.05) is 18.2 Å². The van der Waals surface area contributed by atoms with Gasteiger partial charge >= 0.3 is 0 Å². The van der Waals surface area contributed by atoms with E-state index >= 15 is 0 Å². The summed E-state index contributed by atoms with van der Waals surface area (Å²) in [5, 5.41) is 0. The van der Waals surface area contributed by atoms with Gasteiger partial charge in [-0.15, -0.1) is 0 Å². The summed E-state index contributed by atoms with van der Waals surface area (Å²) in [6.45, 7) is 5.96. The number of morpholine rings is 1. The van der Waals surface area contributed by atoms with Crippen molar-refractivity contribution in [2.75, 3.05) is 13.1 Å². The number of hydrogen-bond donors (Lipinski definition) is 0. The highest BCUT2D eigenvalue weighted by Crippen LogP contribution is 2.14. The fraction of sp³-hybridized carbons (Fsp3) is 0.462. The molecule has 1 aliphatic heterocycles. The average molecular weight is 235 g/mol. The van der Waals surface area contributed by atoms with Crippen LogP contribution in [0.15, 0.2) is 30.3 Å². The second kappa shape index (κ2) is 4.93. The summed E-state index contributed by atoms with van der Waals surface area (Å²) in [6, 6.07) is 10.2. The van der Waals surface area contributed by atoms with Crippen LogP contribution in [0.4, 0.5) is 0 Å². The molecule has 0 N–H and O–H groups in total. The lowest BCUT2D eigenvalue weighted by molar-refractivity contribution is -0.0472. The van der Waals surface area contributed by atoms with E-state index in [-0.39, 0.29) is 12.2 Å². The molecule has 2 rings (SSSR count). The highest BCUT2D eigenvalue weighted by Gasteiger charge is 2.24. The van der Waals surface area contributed by atoms with E-state index in [9.17, 15) is 0 Å². The molecule has 0 saturated carbocycles. The maximum Gasteiger partial charge on any atom is 0.109 e. The van der Waals surface area contributed by atoms with E-state index in [0.29, 0.717) is 0 Å². The van der Waals surface area contributed by atoms with Crippen molar-refractivity contribution in [2.24, 2.45) is 0 Å². The van der Waals surface area contributed by atoms with Crippen molar-refractivity contribution in [1.82, 2.24) is 4.90 Å². The smallest absolute Gasteiger partial charge is 0.109 e. The van der Waals surface area contributed by atoms with Gasteiger partial charge in [-0.25, -0.2) is 0 Å². The van der Waals surface area contributed by atoms with Crippen LogP contribution in [0.25, 0.3) is 0 Å². The van der Waals surface area contributed by atoms with E-state index in [0.717, 1.165) is 23.6 Å². The first-order chi connectivity index (χ1) is 7.66. The maximum absolute atomic E-state index is 5.70. The van der Waals surface area contributed by atoms with Crippen LogP contribution < -0.4 is 0 Å². The van der Waals surface area contributed by atoms with Gasteiger partial charge in [-0.1, -0.05) is 42.5 Å². The van der Waals surface area contributed by atoms with Gasteiger partial charge in [0.1, 0.15) is 4.99 Å². The molecule has 1 fully saturated rings. The topological polar surface area (TPSA) is 12.5 Å². The molecule has 86 valence electrons. The molecule has 0 amide bonds. The molecule has 0 aromatic heterocycles. The molecule has 16 heavy (non-hydrogen) atoms. The van der Waals surface area contributed by atoms with Crippen molar-refractivity contribution in [3.05, 3.63) is 35.9 Å². The number of thiocarbonyl (C=S) groups is 1. The lowest BCUT2D eigenvalue weighted by atomic mass is 10.1. The molecule has 3 heteroatoms. The number of hydrogen-bond acceptors (Lipinski definition) is 2. The summed E-state index contributed by atoms with van der Waals surface area (Å²) in [7, 11) is 0. The second-order valence-electron chi connectivity index (χ2n) is 4.33. The Labute approximate surface area is 102 Å². The molecule has 1 aliphatic rings. The van der Waals surface area contributed by atoms with Crippen molar-refractivity contribution < 1.29 is 4.74 Å². The van der Waals surface area contributed by atoms with Gasteiger partial charge in [-0.2, -0.15) is 0 Å². The minimum atomic E-state index is 0.255.